The molecule has 0 aromatic carbocycles. The van der Waals surface area contributed by atoms with E-state index < -0.39 is 18.2 Å². The van der Waals surface area contributed by atoms with Crippen molar-refractivity contribution in [2.24, 2.45) is 0 Å². The first-order valence-electron chi connectivity index (χ1n) is 3.66. The van der Waals surface area contributed by atoms with Crippen LogP contribution in [0.2, 0.25) is 0 Å². The Balaban J connectivity index is 0. The third kappa shape index (κ3) is 18.0. The van der Waals surface area contributed by atoms with E-state index in [0.717, 1.165) is 0 Å². The zero-order valence-corrected chi connectivity index (χ0v) is 7.74. The molecule has 0 heterocycles. The number of ketones is 2. The first-order valence-corrected chi connectivity index (χ1v) is 3.66. The summed E-state index contributed by atoms with van der Waals surface area (Å²) in [4.78, 5) is 30.5. The summed E-state index contributed by atoms with van der Waals surface area (Å²) in [5, 5.41) is 8.06. The SMILES string of the molecule is CC(=O)CC(=O)CC(=O)O.[CH]=CC. The summed E-state index contributed by atoms with van der Waals surface area (Å²) in [6, 6.07) is 0. The molecule has 1 N–H and O–H groups in total. The first kappa shape index (κ1) is 14.1. The van der Waals surface area contributed by atoms with Crippen molar-refractivity contribution in [3.05, 3.63) is 12.7 Å². The summed E-state index contributed by atoms with van der Waals surface area (Å²) in [6.45, 7) is 7.75. The molecule has 4 nitrogen and oxygen atoms in total. The van der Waals surface area contributed by atoms with Crippen LogP contribution in [0.1, 0.15) is 26.7 Å². The largest absolute Gasteiger partial charge is 0.481 e. The molecule has 0 aromatic rings. The van der Waals surface area contributed by atoms with Crippen molar-refractivity contribution in [3.8, 4) is 0 Å². The molecule has 73 valence electrons. The number of aliphatic carboxylic acids is 1. The van der Waals surface area contributed by atoms with Gasteiger partial charge in [0.2, 0.25) is 0 Å². The second-order valence-corrected chi connectivity index (χ2v) is 2.32. The molecule has 0 aliphatic rings. The van der Waals surface area contributed by atoms with Crippen molar-refractivity contribution in [1.29, 1.82) is 0 Å². The van der Waals surface area contributed by atoms with Gasteiger partial charge in [0, 0.05) is 0 Å². The average molecular weight is 185 g/mol. The highest BCUT2D eigenvalue weighted by Crippen LogP contribution is 1.90. The Morgan fingerprint density at radius 2 is 1.69 bits per heavy atom. The first-order chi connectivity index (χ1) is 5.93. The molecule has 0 spiro atoms. The third-order valence-corrected chi connectivity index (χ3v) is 0.795. The molecule has 1 radical (unpaired) electrons. The van der Waals surface area contributed by atoms with E-state index in [-0.39, 0.29) is 12.2 Å². The van der Waals surface area contributed by atoms with Crippen LogP contribution in [0, 0.1) is 6.58 Å². The van der Waals surface area contributed by atoms with Gasteiger partial charge in [0.15, 0.2) is 5.78 Å². The van der Waals surface area contributed by atoms with E-state index in [1.807, 2.05) is 0 Å². The molecule has 4 heteroatoms. The predicted molar refractivity (Wildman–Crippen MR) is 47.1 cm³/mol. The van der Waals surface area contributed by atoms with E-state index in [1.165, 1.54) is 13.0 Å². The maximum absolute atomic E-state index is 10.5. The second kappa shape index (κ2) is 8.64. The maximum atomic E-state index is 10.5. The Kier molecular flexibility index (Phi) is 9.37. The molecule has 0 aliphatic carbocycles. The van der Waals surface area contributed by atoms with Crippen molar-refractivity contribution in [3.63, 3.8) is 0 Å². The van der Waals surface area contributed by atoms with Gasteiger partial charge in [-0.15, -0.1) is 0 Å². The Hall–Kier alpha value is -1.45. The van der Waals surface area contributed by atoms with Crippen LogP contribution < -0.4 is 0 Å². The fourth-order valence-electron chi connectivity index (χ4n) is 0.509. The summed E-state index contributed by atoms with van der Waals surface area (Å²) in [5.74, 6) is -2.03. The predicted octanol–water partition coefficient (Wildman–Crippen LogP) is 1.00. The molecule has 0 fully saturated rings. The van der Waals surface area contributed by atoms with Crippen molar-refractivity contribution in [2.45, 2.75) is 26.7 Å². The highest BCUT2D eigenvalue weighted by Gasteiger charge is 2.08. The molecule has 0 atom stereocenters. The highest BCUT2D eigenvalue weighted by molar-refractivity contribution is 6.04. The van der Waals surface area contributed by atoms with Gasteiger partial charge < -0.3 is 5.11 Å². The van der Waals surface area contributed by atoms with Gasteiger partial charge in [0.25, 0.3) is 0 Å². The Bertz CT molecular complexity index is 188. The van der Waals surface area contributed by atoms with Crippen LogP contribution in [0.15, 0.2) is 6.08 Å². The van der Waals surface area contributed by atoms with Crippen LogP contribution in [0.5, 0.6) is 0 Å². The number of carbonyl (C=O) groups excluding carboxylic acids is 2. The number of Topliss-reactive ketones (excluding diaryl/α,β-unsaturated/α-hetero) is 2. The minimum atomic E-state index is -1.19. The standard InChI is InChI=1S/C6H8O4.C3H5/c1-4(7)2-5(8)3-6(9)10;1-3-2/h2-3H2,1H3,(H,9,10);1,3H,2H3. The molecule has 0 saturated carbocycles. The Labute approximate surface area is 77.3 Å². The molecule has 0 saturated heterocycles. The van der Waals surface area contributed by atoms with Crippen LogP contribution in [0.4, 0.5) is 0 Å². The molecule has 0 amide bonds. The lowest BCUT2D eigenvalue weighted by Gasteiger charge is -1.90. The van der Waals surface area contributed by atoms with Gasteiger partial charge in [-0.05, 0) is 13.8 Å². The minimum Gasteiger partial charge on any atom is -0.481 e. The van der Waals surface area contributed by atoms with Gasteiger partial charge in [0.1, 0.15) is 12.2 Å². The highest BCUT2D eigenvalue weighted by atomic mass is 16.4. The van der Waals surface area contributed by atoms with E-state index in [1.54, 1.807) is 6.92 Å². The van der Waals surface area contributed by atoms with Crippen molar-refractivity contribution < 1.29 is 19.5 Å². The molecule has 0 bridgehead atoms. The van der Waals surface area contributed by atoms with E-state index in [4.69, 9.17) is 11.7 Å². The topological polar surface area (TPSA) is 71.4 Å². The van der Waals surface area contributed by atoms with Gasteiger partial charge in [-0.3, -0.25) is 14.4 Å². The lowest BCUT2D eigenvalue weighted by molar-refractivity contribution is -0.140. The number of carboxylic acid groups (broad SMARTS) is 1. The van der Waals surface area contributed by atoms with Crippen LogP contribution in [-0.2, 0) is 14.4 Å². The van der Waals surface area contributed by atoms with Gasteiger partial charge in [-0.1, -0.05) is 12.7 Å². The third-order valence-electron chi connectivity index (χ3n) is 0.795. The van der Waals surface area contributed by atoms with Crippen molar-refractivity contribution in [1.82, 2.24) is 0 Å². The molecule has 0 rings (SSSR count). The van der Waals surface area contributed by atoms with Gasteiger partial charge in [0.05, 0.1) is 6.42 Å². The van der Waals surface area contributed by atoms with Crippen LogP contribution in [0.25, 0.3) is 0 Å². The molecule has 0 aliphatic heterocycles. The lowest BCUT2D eigenvalue weighted by Crippen LogP contribution is -2.09. The zero-order chi connectivity index (χ0) is 10.9. The van der Waals surface area contributed by atoms with Crippen LogP contribution in [-0.4, -0.2) is 22.6 Å². The van der Waals surface area contributed by atoms with E-state index in [0.29, 0.717) is 0 Å². The van der Waals surface area contributed by atoms with Gasteiger partial charge in [-0.25, -0.2) is 0 Å². The van der Waals surface area contributed by atoms with E-state index >= 15 is 0 Å². The quantitative estimate of drug-likeness (QED) is 0.663. The summed E-state index contributed by atoms with van der Waals surface area (Å²) in [5.41, 5.74) is 0. The maximum Gasteiger partial charge on any atom is 0.310 e. The van der Waals surface area contributed by atoms with Crippen molar-refractivity contribution in [2.75, 3.05) is 0 Å². The summed E-state index contributed by atoms with van der Waals surface area (Å²) in [6.07, 6.45) is 0.672. The molecular weight excluding hydrogens is 172 g/mol. The molecule has 13 heavy (non-hydrogen) atoms. The second-order valence-electron chi connectivity index (χ2n) is 2.32. The fourth-order valence-corrected chi connectivity index (χ4v) is 0.509. The number of carbonyl (C=O) groups is 3. The van der Waals surface area contributed by atoms with E-state index in [2.05, 4.69) is 0 Å². The number of allylic oxidation sites excluding steroid dienone is 1. The Morgan fingerprint density at radius 1 is 1.31 bits per heavy atom. The zero-order valence-electron chi connectivity index (χ0n) is 7.74. The van der Waals surface area contributed by atoms with Gasteiger partial charge in [-0.2, -0.15) is 0 Å². The number of rotatable bonds is 4. The number of hydrogen-bond donors (Lipinski definition) is 1. The smallest absolute Gasteiger partial charge is 0.310 e. The normalized spacial score (nSPS) is 7.85. The lowest BCUT2D eigenvalue weighted by atomic mass is 10.2. The summed E-state index contributed by atoms with van der Waals surface area (Å²) < 4.78 is 0. The fraction of sp³-hybridized carbons (Fsp3) is 0.444. The molecule has 0 aromatic heterocycles. The number of hydrogen-bond acceptors (Lipinski definition) is 3. The molecular formula is C9H13O4. The monoisotopic (exact) mass is 185 g/mol. The number of carboxylic acids is 1. The van der Waals surface area contributed by atoms with Crippen LogP contribution in [0.3, 0.4) is 0 Å². The Morgan fingerprint density at radius 3 is 1.92 bits per heavy atom. The molecule has 0 unspecified atom stereocenters. The summed E-state index contributed by atoms with van der Waals surface area (Å²) >= 11 is 0. The van der Waals surface area contributed by atoms with Crippen molar-refractivity contribution >= 4 is 17.5 Å². The van der Waals surface area contributed by atoms with Crippen LogP contribution >= 0.6 is 0 Å². The minimum absolute atomic E-state index is 0.272. The van der Waals surface area contributed by atoms with E-state index in [9.17, 15) is 14.4 Å². The average Bonchev–Trinajstić information content (AvgIpc) is 1.83. The summed E-state index contributed by atoms with van der Waals surface area (Å²) in [7, 11) is 0. The van der Waals surface area contributed by atoms with Gasteiger partial charge >= 0.3 is 5.97 Å².